The Bertz CT molecular complexity index is 240. The third-order valence-corrected chi connectivity index (χ3v) is 3.16. The minimum atomic E-state index is -0.253. The summed E-state index contributed by atoms with van der Waals surface area (Å²) in [7, 11) is 2.03. The molecule has 74 valence electrons. The first-order chi connectivity index (χ1) is 5.91. The van der Waals surface area contributed by atoms with Crippen LogP contribution in [-0.2, 0) is 4.79 Å². The van der Waals surface area contributed by atoms with Crippen LogP contribution in [0.1, 0.15) is 20.8 Å². The van der Waals surface area contributed by atoms with Crippen LogP contribution in [0.2, 0.25) is 0 Å². The fourth-order valence-electron chi connectivity index (χ4n) is 0.988. The largest absolute Gasteiger partial charge is 0.368 e. The lowest BCUT2D eigenvalue weighted by atomic mass is 9.91. The summed E-state index contributed by atoms with van der Waals surface area (Å²) in [4.78, 5) is 13.8. The van der Waals surface area contributed by atoms with E-state index in [0.29, 0.717) is 0 Å². The molecular weight excluding hydrogens is 182 g/mol. The second kappa shape index (κ2) is 3.74. The Morgan fingerprint density at radius 1 is 1.54 bits per heavy atom. The Kier molecular flexibility index (Phi) is 3.06. The Morgan fingerprint density at radius 2 is 2.15 bits per heavy atom. The molecule has 1 fully saturated rings. The molecule has 1 heterocycles. The summed E-state index contributed by atoms with van der Waals surface area (Å²) in [6.45, 7) is 6.90. The molecule has 1 aliphatic rings. The summed E-state index contributed by atoms with van der Waals surface area (Å²) in [5, 5.41) is 1.11. The molecule has 0 radical (unpaired) electrons. The average Bonchev–Trinajstić information content (AvgIpc) is 2.34. The van der Waals surface area contributed by atoms with Gasteiger partial charge in [0.2, 0.25) is 0 Å². The maximum atomic E-state index is 11.6. The predicted molar refractivity (Wildman–Crippen MR) is 57.6 cm³/mol. The van der Waals surface area contributed by atoms with Crippen LogP contribution in [0.25, 0.3) is 0 Å². The summed E-state index contributed by atoms with van der Waals surface area (Å²) < 4.78 is 0. The van der Waals surface area contributed by atoms with Crippen molar-refractivity contribution in [3.8, 4) is 0 Å². The van der Waals surface area contributed by atoms with Crippen LogP contribution in [0.4, 0.5) is 0 Å². The van der Waals surface area contributed by atoms with E-state index < -0.39 is 0 Å². The van der Waals surface area contributed by atoms with Gasteiger partial charge in [-0.05, 0) is 0 Å². The van der Waals surface area contributed by atoms with Crippen LogP contribution in [0.5, 0.6) is 0 Å². The van der Waals surface area contributed by atoms with Gasteiger partial charge in [-0.2, -0.15) is 0 Å². The quantitative estimate of drug-likeness (QED) is 0.603. The van der Waals surface area contributed by atoms with Gasteiger partial charge >= 0.3 is 0 Å². The van der Waals surface area contributed by atoms with Gasteiger partial charge in [-0.15, -0.1) is 11.8 Å². The number of rotatable bonds is 1. The van der Waals surface area contributed by atoms with Gasteiger partial charge in [-0.1, -0.05) is 20.8 Å². The maximum absolute atomic E-state index is 11.6. The normalized spacial score (nSPS) is 21.2. The van der Waals surface area contributed by atoms with Gasteiger partial charge in [-0.25, -0.2) is 0 Å². The van der Waals surface area contributed by atoms with Crippen molar-refractivity contribution >= 4 is 17.5 Å². The molecule has 2 nitrogen and oxygen atoms in total. The first-order valence-corrected chi connectivity index (χ1v) is 5.50. The number of carbonyl (C=O) groups excluding carboxylic acids is 1. The van der Waals surface area contributed by atoms with Gasteiger partial charge in [0.15, 0.2) is 5.78 Å². The monoisotopic (exact) mass is 199 g/mol. The van der Waals surface area contributed by atoms with Crippen LogP contribution in [0.3, 0.4) is 0 Å². The molecule has 0 spiro atoms. The third kappa shape index (κ3) is 2.76. The smallest absolute Gasteiger partial charge is 0.163 e. The third-order valence-electron chi connectivity index (χ3n) is 2.05. The first-order valence-electron chi connectivity index (χ1n) is 4.51. The molecule has 0 unspecified atom stereocenters. The fourth-order valence-corrected chi connectivity index (χ4v) is 2.06. The van der Waals surface area contributed by atoms with Gasteiger partial charge in [0.05, 0.1) is 5.03 Å². The topological polar surface area (TPSA) is 20.3 Å². The zero-order valence-corrected chi connectivity index (χ0v) is 9.57. The molecule has 0 saturated carbocycles. The first kappa shape index (κ1) is 10.6. The van der Waals surface area contributed by atoms with Crippen LogP contribution < -0.4 is 0 Å². The second-order valence-corrected chi connectivity index (χ2v) is 5.48. The molecule has 1 saturated heterocycles. The van der Waals surface area contributed by atoms with Crippen molar-refractivity contribution in [3.05, 3.63) is 11.1 Å². The molecule has 0 aromatic rings. The molecule has 0 aliphatic carbocycles. The van der Waals surface area contributed by atoms with Gasteiger partial charge < -0.3 is 4.90 Å². The van der Waals surface area contributed by atoms with Gasteiger partial charge in [0.25, 0.3) is 0 Å². The van der Waals surface area contributed by atoms with E-state index >= 15 is 0 Å². The van der Waals surface area contributed by atoms with E-state index in [1.807, 2.05) is 27.8 Å². The Labute approximate surface area is 84.4 Å². The summed E-state index contributed by atoms with van der Waals surface area (Å²) in [6.07, 6.45) is 1.78. The summed E-state index contributed by atoms with van der Waals surface area (Å²) in [6, 6.07) is 0. The van der Waals surface area contributed by atoms with Gasteiger partial charge in [0.1, 0.15) is 0 Å². The molecule has 0 bridgehead atoms. The molecule has 0 amide bonds. The lowest BCUT2D eigenvalue weighted by Gasteiger charge is -2.16. The van der Waals surface area contributed by atoms with Crippen molar-refractivity contribution in [2.75, 3.05) is 19.3 Å². The highest BCUT2D eigenvalue weighted by molar-refractivity contribution is 8.03. The zero-order valence-electron chi connectivity index (χ0n) is 8.76. The number of thioether (sulfide) groups is 1. The van der Waals surface area contributed by atoms with E-state index in [0.717, 1.165) is 17.3 Å². The highest BCUT2D eigenvalue weighted by atomic mass is 32.2. The van der Waals surface area contributed by atoms with E-state index in [9.17, 15) is 4.79 Å². The highest BCUT2D eigenvalue weighted by Crippen LogP contribution is 2.27. The molecule has 0 atom stereocenters. The second-order valence-electron chi connectivity index (χ2n) is 4.37. The van der Waals surface area contributed by atoms with Crippen LogP contribution >= 0.6 is 11.8 Å². The maximum Gasteiger partial charge on any atom is 0.163 e. The van der Waals surface area contributed by atoms with E-state index in [1.54, 1.807) is 17.8 Å². The van der Waals surface area contributed by atoms with Crippen LogP contribution in [-0.4, -0.2) is 30.0 Å². The number of hydrogen-bond donors (Lipinski definition) is 0. The van der Waals surface area contributed by atoms with Crippen LogP contribution in [0.15, 0.2) is 11.1 Å². The molecule has 1 aliphatic heterocycles. The minimum Gasteiger partial charge on any atom is -0.368 e. The van der Waals surface area contributed by atoms with Crippen molar-refractivity contribution in [2.45, 2.75) is 20.8 Å². The summed E-state index contributed by atoms with van der Waals surface area (Å²) >= 11 is 1.76. The van der Waals surface area contributed by atoms with Crippen LogP contribution in [0, 0.1) is 5.41 Å². The standard InChI is InChI=1S/C10H17NOS/c1-10(2,3)8(12)7-9-11(4)5-6-13-9/h7H,5-6H2,1-4H3/b9-7-. The molecule has 0 aromatic heterocycles. The number of ketones is 1. The van der Waals surface area contributed by atoms with Gasteiger partial charge in [-0.3, -0.25) is 4.79 Å². The highest BCUT2D eigenvalue weighted by Gasteiger charge is 2.22. The fraction of sp³-hybridized carbons (Fsp3) is 0.700. The Balaban J connectivity index is 2.71. The molecular formula is C10H17NOS. The van der Waals surface area contributed by atoms with Crippen molar-refractivity contribution in [3.63, 3.8) is 0 Å². The van der Waals surface area contributed by atoms with Crippen molar-refractivity contribution < 1.29 is 4.79 Å². The Hall–Kier alpha value is -0.440. The number of carbonyl (C=O) groups is 1. The number of nitrogens with zero attached hydrogens (tertiary/aromatic N) is 1. The number of hydrogen-bond acceptors (Lipinski definition) is 3. The van der Waals surface area contributed by atoms with Gasteiger partial charge in [0, 0.05) is 30.8 Å². The van der Waals surface area contributed by atoms with E-state index in [1.165, 1.54) is 0 Å². The molecule has 1 rings (SSSR count). The van der Waals surface area contributed by atoms with E-state index in [-0.39, 0.29) is 11.2 Å². The average molecular weight is 199 g/mol. The molecule has 13 heavy (non-hydrogen) atoms. The minimum absolute atomic E-state index is 0.212. The molecule has 0 aromatic carbocycles. The SMILES string of the molecule is CN1CCS/C1=C\C(=O)C(C)(C)C. The Morgan fingerprint density at radius 3 is 2.54 bits per heavy atom. The lowest BCUT2D eigenvalue weighted by molar-refractivity contribution is -0.121. The zero-order chi connectivity index (χ0) is 10.1. The van der Waals surface area contributed by atoms with Crippen molar-refractivity contribution in [1.29, 1.82) is 0 Å². The predicted octanol–water partition coefficient (Wildman–Crippen LogP) is 2.12. The van der Waals surface area contributed by atoms with E-state index in [2.05, 4.69) is 4.90 Å². The van der Waals surface area contributed by atoms with Crippen molar-refractivity contribution in [1.82, 2.24) is 4.90 Å². The van der Waals surface area contributed by atoms with Crippen molar-refractivity contribution in [2.24, 2.45) is 5.41 Å². The number of allylic oxidation sites excluding steroid dienone is 1. The molecule has 0 N–H and O–H groups in total. The van der Waals surface area contributed by atoms with E-state index in [4.69, 9.17) is 0 Å². The lowest BCUT2D eigenvalue weighted by Crippen LogP contribution is -2.19. The summed E-state index contributed by atoms with van der Waals surface area (Å²) in [5.41, 5.74) is -0.253. The molecule has 3 heteroatoms. The summed E-state index contributed by atoms with van der Waals surface area (Å²) in [5.74, 6) is 1.31.